The Balaban J connectivity index is 2.00. The second-order valence-corrected chi connectivity index (χ2v) is 3.86. The smallest absolute Gasteiger partial charge is 0.236 e. The summed E-state index contributed by atoms with van der Waals surface area (Å²) < 4.78 is 5.38. The zero-order valence-corrected chi connectivity index (χ0v) is 9.86. The average molecular weight is 230 g/mol. The molecule has 0 amide bonds. The number of aromatic nitrogens is 2. The van der Waals surface area contributed by atoms with Crippen molar-refractivity contribution < 1.29 is 9.53 Å². The first-order valence-electron chi connectivity index (χ1n) is 5.41. The van der Waals surface area contributed by atoms with Gasteiger partial charge in [-0.3, -0.25) is 9.89 Å². The zero-order valence-electron chi connectivity index (χ0n) is 9.86. The van der Waals surface area contributed by atoms with Crippen molar-refractivity contribution in [2.75, 3.05) is 6.61 Å². The van der Waals surface area contributed by atoms with Crippen LogP contribution in [0, 0.1) is 13.8 Å². The molecular formula is C13H14N2O2. The van der Waals surface area contributed by atoms with Crippen LogP contribution in [0.25, 0.3) is 0 Å². The third-order valence-electron chi connectivity index (χ3n) is 2.64. The Labute approximate surface area is 99.6 Å². The van der Waals surface area contributed by atoms with Gasteiger partial charge in [-0.15, -0.1) is 5.10 Å². The Bertz CT molecular complexity index is 517. The van der Waals surface area contributed by atoms with Crippen LogP contribution in [0.3, 0.4) is 0 Å². The lowest BCUT2D eigenvalue weighted by molar-refractivity contribution is 0.0917. The number of ether oxygens (including phenoxy) is 1. The van der Waals surface area contributed by atoms with Crippen LogP contribution in [0.1, 0.15) is 21.6 Å². The van der Waals surface area contributed by atoms with E-state index in [1.165, 1.54) is 0 Å². The molecule has 1 aromatic heterocycles. The molecule has 4 heteroatoms. The quantitative estimate of drug-likeness (QED) is 0.820. The van der Waals surface area contributed by atoms with Gasteiger partial charge >= 0.3 is 0 Å². The number of nitrogens with one attached hydrogen (secondary N) is 1. The SMILES string of the molecule is Cc1[nH]nc(OCC(=O)c2ccccc2)c1C. The molecule has 1 N–H and O–H groups in total. The van der Waals surface area contributed by atoms with Crippen molar-refractivity contribution in [3.05, 3.63) is 47.2 Å². The predicted octanol–water partition coefficient (Wildman–Crippen LogP) is 2.29. The monoisotopic (exact) mass is 230 g/mol. The van der Waals surface area contributed by atoms with E-state index >= 15 is 0 Å². The molecule has 17 heavy (non-hydrogen) atoms. The van der Waals surface area contributed by atoms with Gasteiger partial charge in [-0.1, -0.05) is 30.3 Å². The summed E-state index contributed by atoms with van der Waals surface area (Å²) >= 11 is 0. The number of ketones is 1. The van der Waals surface area contributed by atoms with E-state index in [2.05, 4.69) is 10.2 Å². The van der Waals surface area contributed by atoms with Crippen LogP contribution in [0.15, 0.2) is 30.3 Å². The van der Waals surface area contributed by atoms with Crippen LogP contribution in [-0.4, -0.2) is 22.6 Å². The molecule has 1 aromatic carbocycles. The summed E-state index contributed by atoms with van der Waals surface area (Å²) in [4.78, 5) is 11.8. The molecule has 4 nitrogen and oxygen atoms in total. The highest BCUT2D eigenvalue weighted by atomic mass is 16.5. The molecule has 2 rings (SSSR count). The number of nitrogens with zero attached hydrogens (tertiary/aromatic N) is 1. The average Bonchev–Trinajstić information content (AvgIpc) is 2.68. The van der Waals surface area contributed by atoms with Crippen LogP contribution < -0.4 is 4.74 Å². The first-order valence-corrected chi connectivity index (χ1v) is 5.41. The van der Waals surface area contributed by atoms with Gasteiger partial charge in [0.25, 0.3) is 0 Å². The first kappa shape index (κ1) is 11.4. The van der Waals surface area contributed by atoms with Crippen molar-refractivity contribution in [1.82, 2.24) is 10.2 Å². The molecule has 0 spiro atoms. The lowest BCUT2D eigenvalue weighted by atomic mass is 10.1. The molecule has 0 aliphatic carbocycles. The maximum absolute atomic E-state index is 11.8. The number of H-pyrrole nitrogens is 1. The molecule has 0 saturated heterocycles. The summed E-state index contributed by atoms with van der Waals surface area (Å²) in [7, 11) is 0. The van der Waals surface area contributed by atoms with Crippen LogP contribution in [0.2, 0.25) is 0 Å². The van der Waals surface area contributed by atoms with Gasteiger partial charge in [0, 0.05) is 16.8 Å². The number of Topliss-reactive ketones (excluding diaryl/α,β-unsaturated/α-hetero) is 1. The zero-order chi connectivity index (χ0) is 12.3. The number of benzene rings is 1. The Morgan fingerprint density at radius 1 is 1.29 bits per heavy atom. The molecule has 0 saturated carbocycles. The summed E-state index contributed by atoms with van der Waals surface area (Å²) in [6.07, 6.45) is 0. The lowest BCUT2D eigenvalue weighted by Crippen LogP contribution is -2.12. The summed E-state index contributed by atoms with van der Waals surface area (Å²) in [5.74, 6) is 0.442. The topological polar surface area (TPSA) is 55.0 Å². The van der Waals surface area contributed by atoms with Crippen LogP contribution >= 0.6 is 0 Å². The van der Waals surface area contributed by atoms with Gasteiger partial charge in [0.1, 0.15) is 0 Å². The van der Waals surface area contributed by atoms with Gasteiger partial charge in [-0.05, 0) is 13.8 Å². The number of hydrogen-bond acceptors (Lipinski definition) is 3. The second kappa shape index (κ2) is 4.82. The first-order chi connectivity index (χ1) is 8.18. The van der Waals surface area contributed by atoms with E-state index in [9.17, 15) is 4.79 Å². The molecule has 0 fully saturated rings. The minimum absolute atomic E-state index is 0.00907. The van der Waals surface area contributed by atoms with Crippen LogP contribution in [0.5, 0.6) is 5.88 Å². The van der Waals surface area contributed by atoms with Gasteiger partial charge in [0.15, 0.2) is 12.4 Å². The third-order valence-corrected chi connectivity index (χ3v) is 2.64. The molecule has 1 heterocycles. The number of carbonyl (C=O) groups excluding carboxylic acids is 1. The highest BCUT2D eigenvalue weighted by molar-refractivity contribution is 5.97. The van der Waals surface area contributed by atoms with E-state index in [1.807, 2.05) is 32.0 Å². The molecule has 0 bridgehead atoms. The molecule has 0 radical (unpaired) electrons. The molecule has 0 aliphatic heterocycles. The standard InChI is InChI=1S/C13H14N2O2/c1-9-10(2)14-15-13(9)17-8-12(16)11-6-4-3-5-7-11/h3-7H,8H2,1-2H3,(H,14,15). The normalized spacial score (nSPS) is 10.2. The van der Waals surface area contributed by atoms with Gasteiger partial charge in [-0.2, -0.15) is 0 Å². The van der Waals surface area contributed by atoms with Crippen molar-refractivity contribution >= 4 is 5.78 Å². The second-order valence-electron chi connectivity index (χ2n) is 3.86. The van der Waals surface area contributed by atoms with Crippen LogP contribution in [-0.2, 0) is 0 Å². The van der Waals surface area contributed by atoms with E-state index < -0.39 is 0 Å². The predicted molar refractivity (Wildman–Crippen MR) is 64.3 cm³/mol. The number of aryl methyl sites for hydroxylation is 1. The van der Waals surface area contributed by atoms with E-state index in [0.29, 0.717) is 11.4 Å². The van der Waals surface area contributed by atoms with E-state index in [0.717, 1.165) is 11.3 Å². The van der Waals surface area contributed by atoms with Gasteiger partial charge in [-0.25, -0.2) is 0 Å². The Kier molecular flexibility index (Phi) is 3.23. The number of aromatic amines is 1. The summed E-state index contributed by atoms with van der Waals surface area (Å²) in [6, 6.07) is 9.08. The largest absolute Gasteiger partial charge is 0.468 e. The fourth-order valence-corrected chi connectivity index (χ4v) is 1.44. The molecule has 0 unspecified atom stereocenters. The van der Waals surface area contributed by atoms with Crippen molar-refractivity contribution in [1.29, 1.82) is 0 Å². The Morgan fingerprint density at radius 2 is 2.00 bits per heavy atom. The minimum atomic E-state index is -0.0503. The molecule has 0 aliphatic rings. The van der Waals surface area contributed by atoms with E-state index in [1.54, 1.807) is 12.1 Å². The lowest BCUT2D eigenvalue weighted by Gasteiger charge is -2.03. The molecule has 0 atom stereocenters. The highest BCUT2D eigenvalue weighted by Crippen LogP contribution is 2.16. The molecular weight excluding hydrogens is 216 g/mol. The van der Waals surface area contributed by atoms with Crippen molar-refractivity contribution in [2.45, 2.75) is 13.8 Å². The highest BCUT2D eigenvalue weighted by Gasteiger charge is 2.10. The van der Waals surface area contributed by atoms with Gasteiger partial charge in [0.05, 0.1) is 0 Å². The van der Waals surface area contributed by atoms with E-state index in [-0.39, 0.29) is 12.4 Å². The third kappa shape index (κ3) is 2.53. The number of carbonyl (C=O) groups is 1. The number of rotatable bonds is 4. The number of hydrogen-bond donors (Lipinski definition) is 1. The van der Waals surface area contributed by atoms with Gasteiger partial charge < -0.3 is 4.74 Å². The Morgan fingerprint density at radius 3 is 2.59 bits per heavy atom. The van der Waals surface area contributed by atoms with Crippen molar-refractivity contribution in [3.8, 4) is 5.88 Å². The fourth-order valence-electron chi connectivity index (χ4n) is 1.44. The maximum atomic E-state index is 11.8. The van der Waals surface area contributed by atoms with Crippen LogP contribution in [0.4, 0.5) is 0 Å². The van der Waals surface area contributed by atoms with Gasteiger partial charge in [0.2, 0.25) is 5.88 Å². The molecule has 2 aromatic rings. The summed E-state index contributed by atoms with van der Waals surface area (Å²) in [5.41, 5.74) is 2.54. The summed E-state index contributed by atoms with van der Waals surface area (Å²) in [5, 5.41) is 6.80. The summed E-state index contributed by atoms with van der Waals surface area (Å²) in [6.45, 7) is 3.82. The van der Waals surface area contributed by atoms with Crippen molar-refractivity contribution in [2.24, 2.45) is 0 Å². The Hall–Kier alpha value is -2.10. The maximum Gasteiger partial charge on any atom is 0.236 e. The fraction of sp³-hybridized carbons (Fsp3) is 0.231. The van der Waals surface area contributed by atoms with E-state index in [4.69, 9.17) is 4.74 Å². The minimum Gasteiger partial charge on any atom is -0.468 e. The van der Waals surface area contributed by atoms with Crippen molar-refractivity contribution in [3.63, 3.8) is 0 Å². The molecule has 88 valence electrons.